The van der Waals surface area contributed by atoms with E-state index in [1.54, 1.807) is 4.90 Å². The minimum Gasteiger partial charge on any atom is -0.451 e. The first-order chi connectivity index (χ1) is 10.1. The molecule has 6 heteroatoms. The molecule has 0 aliphatic heterocycles. The van der Waals surface area contributed by atoms with Crippen molar-refractivity contribution in [1.82, 2.24) is 10.2 Å². The van der Waals surface area contributed by atoms with Crippen LogP contribution in [0.2, 0.25) is 0 Å². The summed E-state index contributed by atoms with van der Waals surface area (Å²) in [5.41, 5.74) is 0.994. The van der Waals surface area contributed by atoms with Crippen molar-refractivity contribution < 1.29 is 14.3 Å². The van der Waals surface area contributed by atoms with Crippen molar-refractivity contribution in [3.8, 4) is 0 Å². The quantitative estimate of drug-likeness (QED) is 0.853. The first kappa shape index (κ1) is 14.8. The third-order valence-corrected chi connectivity index (χ3v) is 2.87. The number of nitrogens with zero attached hydrogens (tertiary/aromatic N) is 2. The summed E-state index contributed by atoms with van der Waals surface area (Å²) in [4.78, 5) is 25.6. The Morgan fingerprint density at radius 2 is 1.95 bits per heavy atom. The molecule has 1 aromatic heterocycles. The van der Waals surface area contributed by atoms with Crippen molar-refractivity contribution in [2.45, 2.75) is 19.9 Å². The van der Waals surface area contributed by atoms with Gasteiger partial charge in [-0.15, -0.1) is 0 Å². The van der Waals surface area contributed by atoms with Gasteiger partial charge in [-0.2, -0.15) is 5.10 Å². The Morgan fingerprint density at radius 1 is 1.24 bits per heavy atom. The number of carbonyl (C=O) groups excluding carboxylic acids is 2. The molecule has 1 N–H and O–H groups in total. The number of anilines is 1. The molecule has 0 radical (unpaired) electrons. The highest BCUT2D eigenvalue weighted by Crippen LogP contribution is 2.16. The standard InChI is InChI=1S/C15H17N3O3/c1-11(2)18(12-6-4-3-5-7-12)14(19)10-21-15(20)13-8-9-16-17-13/h3-9,11H,10H2,1-2H3,(H,16,17). The first-order valence-corrected chi connectivity index (χ1v) is 6.63. The van der Waals surface area contributed by atoms with Crippen molar-refractivity contribution in [2.75, 3.05) is 11.5 Å². The lowest BCUT2D eigenvalue weighted by Crippen LogP contribution is -2.39. The molecule has 0 bridgehead atoms. The topological polar surface area (TPSA) is 75.3 Å². The molecule has 0 saturated heterocycles. The molecule has 0 fully saturated rings. The maximum absolute atomic E-state index is 12.3. The Kier molecular flexibility index (Phi) is 4.71. The zero-order chi connectivity index (χ0) is 15.2. The fraction of sp³-hybridized carbons (Fsp3) is 0.267. The minimum absolute atomic E-state index is 0.0363. The number of aromatic nitrogens is 2. The number of carbonyl (C=O) groups is 2. The average Bonchev–Trinajstić information content (AvgIpc) is 3.00. The van der Waals surface area contributed by atoms with Crippen LogP contribution >= 0.6 is 0 Å². The number of amides is 1. The highest BCUT2D eigenvalue weighted by molar-refractivity contribution is 5.97. The number of rotatable bonds is 5. The second kappa shape index (κ2) is 6.69. The number of H-pyrrole nitrogens is 1. The fourth-order valence-corrected chi connectivity index (χ4v) is 1.96. The van der Waals surface area contributed by atoms with Crippen LogP contribution < -0.4 is 4.90 Å². The summed E-state index contributed by atoms with van der Waals surface area (Å²) < 4.78 is 5.00. The molecule has 1 heterocycles. The third-order valence-electron chi connectivity index (χ3n) is 2.87. The Morgan fingerprint density at radius 3 is 2.52 bits per heavy atom. The van der Waals surface area contributed by atoms with Gasteiger partial charge in [0.25, 0.3) is 5.91 Å². The van der Waals surface area contributed by atoms with Crippen LogP contribution in [0.4, 0.5) is 5.69 Å². The van der Waals surface area contributed by atoms with Gasteiger partial charge in [0, 0.05) is 17.9 Å². The van der Waals surface area contributed by atoms with Crippen LogP contribution in [0.15, 0.2) is 42.6 Å². The number of esters is 1. The van der Waals surface area contributed by atoms with E-state index in [1.807, 2.05) is 44.2 Å². The number of para-hydroxylation sites is 1. The molecule has 0 atom stereocenters. The van der Waals surface area contributed by atoms with E-state index in [9.17, 15) is 9.59 Å². The van der Waals surface area contributed by atoms with E-state index in [2.05, 4.69) is 10.2 Å². The predicted octanol–water partition coefficient (Wildman–Crippen LogP) is 2.01. The van der Waals surface area contributed by atoms with Crippen LogP contribution in [-0.4, -0.2) is 34.7 Å². The van der Waals surface area contributed by atoms with Crippen LogP contribution in [0.5, 0.6) is 0 Å². The van der Waals surface area contributed by atoms with Gasteiger partial charge in [-0.25, -0.2) is 4.79 Å². The summed E-state index contributed by atoms with van der Waals surface area (Å²) in [7, 11) is 0. The lowest BCUT2D eigenvalue weighted by atomic mass is 10.2. The number of ether oxygens (including phenoxy) is 1. The summed E-state index contributed by atoms with van der Waals surface area (Å²) in [5, 5.41) is 6.15. The zero-order valence-electron chi connectivity index (χ0n) is 11.9. The molecule has 0 aliphatic carbocycles. The highest BCUT2D eigenvalue weighted by atomic mass is 16.5. The van der Waals surface area contributed by atoms with Gasteiger partial charge in [0.1, 0.15) is 5.69 Å². The summed E-state index contributed by atoms with van der Waals surface area (Å²) in [6.45, 7) is 3.49. The molecule has 6 nitrogen and oxygen atoms in total. The number of nitrogens with one attached hydrogen (secondary N) is 1. The molecule has 2 rings (SSSR count). The number of hydrogen-bond acceptors (Lipinski definition) is 4. The molecule has 1 aromatic carbocycles. The Labute approximate surface area is 122 Å². The van der Waals surface area contributed by atoms with E-state index in [1.165, 1.54) is 12.3 Å². The number of aromatic amines is 1. The number of benzene rings is 1. The van der Waals surface area contributed by atoms with Crippen LogP contribution in [0, 0.1) is 0 Å². The largest absolute Gasteiger partial charge is 0.451 e. The van der Waals surface area contributed by atoms with Gasteiger partial charge < -0.3 is 9.64 Å². The minimum atomic E-state index is -0.599. The summed E-state index contributed by atoms with van der Waals surface area (Å²) in [6, 6.07) is 10.7. The van der Waals surface area contributed by atoms with E-state index < -0.39 is 5.97 Å². The first-order valence-electron chi connectivity index (χ1n) is 6.63. The van der Waals surface area contributed by atoms with Crippen LogP contribution in [0.1, 0.15) is 24.3 Å². The Hall–Kier alpha value is -2.63. The second-order valence-electron chi connectivity index (χ2n) is 4.74. The predicted molar refractivity (Wildman–Crippen MR) is 77.9 cm³/mol. The average molecular weight is 287 g/mol. The summed E-state index contributed by atoms with van der Waals surface area (Å²) in [6.07, 6.45) is 1.45. The van der Waals surface area contributed by atoms with E-state index in [4.69, 9.17) is 4.74 Å². The molecule has 0 saturated carbocycles. The van der Waals surface area contributed by atoms with E-state index in [0.29, 0.717) is 0 Å². The van der Waals surface area contributed by atoms with Crippen molar-refractivity contribution in [3.63, 3.8) is 0 Å². The highest BCUT2D eigenvalue weighted by Gasteiger charge is 2.20. The fourth-order valence-electron chi connectivity index (χ4n) is 1.96. The monoisotopic (exact) mass is 287 g/mol. The van der Waals surface area contributed by atoms with Crippen molar-refractivity contribution in [1.29, 1.82) is 0 Å². The Balaban J connectivity index is 2.02. The van der Waals surface area contributed by atoms with Crippen molar-refractivity contribution >= 4 is 17.6 Å². The van der Waals surface area contributed by atoms with Crippen LogP contribution in [-0.2, 0) is 9.53 Å². The van der Waals surface area contributed by atoms with Gasteiger partial charge in [-0.1, -0.05) is 18.2 Å². The number of hydrogen-bond donors (Lipinski definition) is 1. The van der Waals surface area contributed by atoms with Crippen LogP contribution in [0.25, 0.3) is 0 Å². The lowest BCUT2D eigenvalue weighted by molar-refractivity contribution is -0.122. The smallest absolute Gasteiger partial charge is 0.356 e. The molecular formula is C15H17N3O3. The van der Waals surface area contributed by atoms with Gasteiger partial charge >= 0.3 is 5.97 Å². The molecule has 0 unspecified atom stereocenters. The van der Waals surface area contributed by atoms with E-state index >= 15 is 0 Å². The summed E-state index contributed by atoms with van der Waals surface area (Å²) in [5.74, 6) is -0.873. The second-order valence-corrected chi connectivity index (χ2v) is 4.74. The molecule has 21 heavy (non-hydrogen) atoms. The SMILES string of the molecule is CC(C)N(C(=O)COC(=O)c1ccn[nH]1)c1ccccc1. The third kappa shape index (κ3) is 3.68. The van der Waals surface area contributed by atoms with Gasteiger partial charge in [-0.05, 0) is 32.0 Å². The molecule has 0 spiro atoms. The van der Waals surface area contributed by atoms with E-state index in [0.717, 1.165) is 5.69 Å². The molecule has 1 amide bonds. The maximum Gasteiger partial charge on any atom is 0.356 e. The van der Waals surface area contributed by atoms with Gasteiger partial charge in [0.15, 0.2) is 6.61 Å². The van der Waals surface area contributed by atoms with Crippen LogP contribution in [0.3, 0.4) is 0 Å². The molecule has 0 aliphatic rings. The lowest BCUT2D eigenvalue weighted by Gasteiger charge is -2.26. The molecule has 2 aromatic rings. The molecule has 110 valence electrons. The molecular weight excluding hydrogens is 270 g/mol. The van der Waals surface area contributed by atoms with E-state index in [-0.39, 0.29) is 24.2 Å². The normalized spacial score (nSPS) is 10.4. The zero-order valence-corrected chi connectivity index (χ0v) is 11.9. The van der Waals surface area contributed by atoms with Gasteiger partial charge in [0.2, 0.25) is 0 Å². The van der Waals surface area contributed by atoms with Gasteiger partial charge in [0.05, 0.1) is 0 Å². The Bertz CT molecular complexity index is 594. The van der Waals surface area contributed by atoms with Crippen molar-refractivity contribution in [2.24, 2.45) is 0 Å². The maximum atomic E-state index is 12.3. The van der Waals surface area contributed by atoms with Crippen molar-refractivity contribution in [3.05, 3.63) is 48.3 Å². The summed E-state index contributed by atoms with van der Waals surface area (Å²) >= 11 is 0. The van der Waals surface area contributed by atoms with Gasteiger partial charge in [-0.3, -0.25) is 9.89 Å².